The van der Waals surface area contributed by atoms with Gasteiger partial charge in [0.25, 0.3) is 5.91 Å². The molecule has 0 aliphatic rings. The van der Waals surface area contributed by atoms with E-state index in [2.05, 4.69) is 5.32 Å². The fourth-order valence-electron chi connectivity index (χ4n) is 4.52. The van der Waals surface area contributed by atoms with E-state index in [0.717, 1.165) is 6.07 Å². The van der Waals surface area contributed by atoms with Crippen LogP contribution in [-0.2, 0) is 15.7 Å². The second-order valence-corrected chi connectivity index (χ2v) is 10.3. The molecular weight excluding hydrogens is 581 g/mol. The van der Waals surface area contributed by atoms with Gasteiger partial charge in [-0.25, -0.2) is 9.18 Å². The molecule has 6 nitrogen and oxygen atoms in total. The van der Waals surface area contributed by atoms with Crippen LogP contribution in [0.15, 0.2) is 83.3 Å². The Labute approximate surface area is 262 Å². The third-order valence-electron chi connectivity index (χ3n) is 6.58. The molecule has 0 radical (unpaired) electrons. The second kappa shape index (κ2) is 14.8. The number of ether oxygens (including phenoxy) is 1. The average Bonchev–Trinajstić information content (AvgIpc) is 3.45. The van der Waals surface area contributed by atoms with Crippen LogP contribution in [0.1, 0.15) is 39.8 Å². The Balaban J connectivity index is 0.00000506. The number of furan rings is 1. The topological polar surface area (TPSA) is 88.8 Å². The minimum absolute atomic E-state index is 0. The Kier molecular flexibility index (Phi) is 11.7. The first-order chi connectivity index (χ1) is 20.0. The molecule has 4 rings (SSSR count). The molecule has 1 heterocycles. The van der Waals surface area contributed by atoms with Gasteiger partial charge in [-0.15, -0.1) is 0 Å². The van der Waals surface area contributed by atoms with Crippen LogP contribution in [0.2, 0.25) is 0 Å². The van der Waals surface area contributed by atoms with E-state index in [4.69, 9.17) is 9.15 Å². The number of benzene rings is 3. The summed E-state index contributed by atoms with van der Waals surface area (Å²) < 4.78 is 67.2. The summed E-state index contributed by atoms with van der Waals surface area (Å²) in [7, 11) is 1.40. The molecule has 12 heteroatoms. The molecule has 2 N–H and O–H groups in total. The Morgan fingerprint density at radius 3 is 2.33 bits per heavy atom. The molecule has 43 heavy (non-hydrogen) atoms. The number of halogens is 4. The second-order valence-electron chi connectivity index (χ2n) is 9.32. The van der Waals surface area contributed by atoms with Crippen molar-refractivity contribution in [2.24, 2.45) is 0 Å². The number of carboxylic acid groups (broad SMARTS) is 1. The van der Waals surface area contributed by atoms with E-state index < -0.39 is 41.6 Å². The van der Waals surface area contributed by atoms with Crippen molar-refractivity contribution in [3.63, 3.8) is 0 Å². The van der Waals surface area contributed by atoms with Crippen molar-refractivity contribution in [2.45, 2.75) is 24.7 Å². The monoisotopic (exact) mass is 609 g/mol. The summed E-state index contributed by atoms with van der Waals surface area (Å²) in [5.74, 6) is -1.27. The summed E-state index contributed by atoms with van der Waals surface area (Å²) in [6, 6.07) is 16.8. The zero-order chi connectivity index (χ0) is 30.4. The predicted octanol–water partition coefficient (Wildman–Crippen LogP) is 6.79. The molecule has 0 spiro atoms. The van der Waals surface area contributed by atoms with E-state index in [0.29, 0.717) is 28.4 Å². The quantitative estimate of drug-likeness (QED) is 0.144. The van der Waals surface area contributed by atoms with Crippen LogP contribution in [-0.4, -0.2) is 61.0 Å². The van der Waals surface area contributed by atoms with E-state index in [1.165, 1.54) is 67.4 Å². The molecule has 0 aliphatic carbocycles. The summed E-state index contributed by atoms with van der Waals surface area (Å²) in [6.45, 7) is 0. The third-order valence-corrected chi connectivity index (χ3v) is 7.22. The van der Waals surface area contributed by atoms with Crippen molar-refractivity contribution in [1.82, 2.24) is 5.32 Å². The van der Waals surface area contributed by atoms with Gasteiger partial charge >= 0.3 is 31.0 Å². The zero-order valence-electron chi connectivity index (χ0n) is 22.6. The summed E-state index contributed by atoms with van der Waals surface area (Å²) in [6.07, 6.45) is -3.68. The van der Waals surface area contributed by atoms with Gasteiger partial charge in [-0.3, -0.25) is 4.79 Å². The maximum atomic E-state index is 14.1. The van der Waals surface area contributed by atoms with Crippen molar-refractivity contribution < 1.29 is 41.4 Å². The molecular formula is C31H28F4LiNO5S. The Morgan fingerprint density at radius 1 is 1.00 bits per heavy atom. The number of hydrogen-bond acceptors (Lipinski definition) is 5. The molecule has 2 unspecified atom stereocenters. The van der Waals surface area contributed by atoms with Crippen LogP contribution in [0.4, 0.5) is 17.6 Å². The number of amides is 1. The van der Waals surface area contributed by atoms with E-state index in [-0.39, 0.29) is 42.0 Å². The van der Waals surface area contributed by atoms with Crippen LogP contribution >= 0.6 is 11.8 Å². The number of thioether (sulfide) groups is 1. The first-order valence-corrected chi connectivity index (χ1v) is 14.1. The maximum absolute atomic E-state index is 14.1. The van der Waals surface area contributed by atoms with Crippen LogP contribution in [0, 0.1) is 5.82 Å². The number of methoxy groups -OCH3 is 1. The first-order valence-electron chi connectivity index (χ1n) is 12.7. The number of hydrogen-bond donors (Lipinski definition) is 2. The molecule has 4 aromatic rings. The Morgan fingerprint density at radius 2 is 1.70 bits per heavy atom. The molecule has 0 fully saturated rings. The van der Waals surface area contributed by atoms with Crippen molar-refractivity contribution in [3.8, 4) is 22.5 Å². The van der Waals surface area contributed by atoms with Gasteiger partial charge in [0, 0.05) is 18.2 Å². The van der Waals surface area contributed by atoms with Gasteiger partial charge in [-0.2, -0.15) is 24.9 Å². The number of aliphatic carboxylic acids is 1. The van der Waals surface area contributed by atoms with Crippen LogP contribution < -0.4 is 5.32 Å². The molecule has 0 bridgehead atoms. The van der Waals surface area contributed by atoms with E-state index in [1.54, 1.807) is 30.5 Å². The summed E-state index contributed by atoms with van der Waals surface area (Å²) >= 11 is 1.40. The van der Waals surface area contributed by atoms with Crippen LogP contribution in [0.5, 0.6) is 0 Å². The van der Waals surface area contributed by atoms with Crippen molar-refractivity contribution in [2.75, 3.05) is 19.1 Å². The van der Waals surface area contributed by atoms with Crippen molar-refractivity contribution >= 4 is 42.5 Å². The van der Waals surface area contributed by atoms with Crippen LogP contribution in [0.3, 0.4) is 0 Å². The van der Waals surface area contributed by atoms with Gasteiger partial charge in [-0.05, 0) is 89.7 Å². The van der Waals surface area contributed by atoms with Gasteiger partial charge in [0.1, 0.15) is 29.5 Å². The van der Waals surface area contributed by atoms with E-state index >= 15 is 0 Å². The zero-order valence-corrected chi connectivity index (χ0v) is 23.4. The summed E-state index contributed by atoms with van der Waals surface area (Å²) in [4.78, 5) is 25.1. The van der Waals surface area contributed by atoms with Crippen molar-refractivity contribution in [1.29, 1.82) is 0 Å². The number of carbonyl (C=O) groups excluding carboxylic acids is 1. The van der Waals surface area contributed by atoms with E-state index in [9.17, 15) is 32.3 Å². The molecule has 0 saturated carbocycles. The average molecular weight is 610 g/mol. The standard InChI is InChI=1S/C31H27F4NO5S.Li.H/c1-40-28(27-14-13-26(41-27)18-7-10-20(32)11-8-18)19-9-12-22(29(37)36-25(30(38)39)15-16-42-2)23(17-19)21-5-3-4-6-24(21)31(33,34)35;;/h3-14,17,25,28H,15-16H2,1-2H3,(H,36,37)(H,38,39);;. The van der Waals surface area contributed by atoms with Gasteiger partial charge in [0.05, 0.1) is 5.56 Å². The SMILES string of the molecule is COC(c1ccc(C(=O)NC(CCSC)C(=O)O)c(-c2ccccc2C(F)(F)F)c1)c1ccc(-c2ccc(F)cc2)o1.[LiH]. The summed E-state index contributed by atoms with van der Waals surface area (Å²) in [5.41, 5.74) is -0.406. The van der Waals surface area contributed by atoms with Gasteiger partial charge in [-0.1, -0.05) is 24.3 Å². The van der Waals surface area contributed by atoms with Crippen LogP contribution in [0.25, 0.3) is 22.5 Å². The van der Waals surface area contributed by atoms with Gasteiger partial charge in [0.15, 0.2) is 0 Å². The molecule has 1 amide bonds. The van der Waals surface area contributed by atoms with E-state index in [1.807, 2.05) is 0 Å². The molecule has 1 aromatic heterocycles. The number of carbonyl (C=O) groups is 2. The molecule has 0 aliphatic heterocycles. The van der Waals surface area contributed by atoms with Gasteiger partial charge < -0.3 is 19.6 Å². The molecule has 222 valence electrons. The number of alkyl halides is 3. The molecule has 2 atom stereocenters. The number of rotatable bonds is 11. The fourth-order valence-corrected chi connectivity index (χ4v) is 4.99. The molecule has 0 saturated heterocycles. The fraction of sp³-hybridized carbons (Fsp3) is 0.226. The van der Waals surface area contributed by atoms with Crippen molar-refractivity contribution in [3.05, 3.63) is 107 Å². The Bertz CT molecular complexity index is 1560. The number of carboxylic acids is 1. The minimum atomic E-state index is -4.73. The summed E-state index contributed by atoms with van der Waals surface area (Å²) in [5, 5.41) is 12.0. The number of nitrogens with one attached hydrogen (secondary N) is 1. The normalized spacial score (nSPS) is 12.7. The third kappa shape index (κ3) is 8.12. The van der Waals surface area contributed by atoms with Gasteiger partial charge in [0.2, 0.25) is 0 Å². The molecule has 3 aromatic carbocycles. The predicted molar refractivity (Wildman–Crippen MR) is 159 cm³/mol. The first kappa shape index (κ1) is 34.0. The Hall–Kier alpha value is -3.49.